The number of aromatic nitrogens is 1. The predicted octanol–water partition coefficient (Wildman–Crippen LogP) is 2.07. The van der Waals surface area contributed by atoms with E-state index < -0.39 is 5.97 Å². The van der Waals surface area contributed by atoms with Crippen molar-refractivity contribution in [2.24, 2.45) is 0 Å². The second-order valence-electron chi connectivity index (χ2n) is 4.70. The number of carboxylic acids is 1. The van der Waals surface area contributed by atoms with Gasteiger partial charge in [0.25, 0.3) is 0 Å². The zero-order valence-electron chi connectivity index (χ0n) is 10.6. The van der Waals surface area contributed by atoms with Gasteiger partial charge < -0.3 is 15.2 Å². The summed E-state index contributed by atoms with van der Waals surface area (Å²) in [6.07, 6.45) is 3.29. The molecular weight excluding hydrogens is 232 g/mol. The fourth-order valence-electron chi connectivity index (χ4n) is 2.36. The molecule has 2 atom stereocenters. The van der Waals surface area contributed by atoms with Gasteiger partial charge in [0.1, 0.15) is 5.82 Å². The largest absolute Gasteiger partial charge is 0.478 e. The molecule has 1 aromatic heterocycles. The molecule has 5 heteroatoms. The highest BCUT2D eigenvalue weighted by Crippen LogP contribution is 2.24. The first-order chi connectivity index (χ1) is 8.58. The van der Waals surface area contributed by atoms with Gasteiger partial charge in [-0.2, -0.15) is 0 Å². The number of nitrogens with zero attached hydrogens (tertiary/aromatic N) is 1. The van der Waals surface area contributed by atoms with Crippen molar-refractivity contribution >= 4 is 11.8 Å². The van der Waals surface area contributed by atoms with E-state index in [4.69, 9.17) is 9.84 Å². The summed E-state index contributed by atoms with van der Waals surface area (Å²) in [7, 11) is 1.72. The molecule has 18 heavy (non-hydrogen) atoms. The number of aryl methyl sites for hydroxylation is 1. The van der Waals surface area contributed by atoms with Gasteiger partial charge in [-0.3, -0.25) is 0 Å². The van der Waals surface area contributed by atoms with Gasteiger partial charge in [0.2, 0.25) is 0 Å². The van der Waals surface area contributed by atoms with Crippen LogP contribution >= 0.6 is 0 Å². The summed E-state index contributed by atoms with van der Waals surface area (Å²) in [5, 5.41) is 12.3. The molecule has 2 rings (SSSR count). The molecular formula is C13H18N2O3. The molecule has 0 amide bonds. The molecule has 0 aliphatic heterocycles. The molecule has 98 valence electrons. The highest BCUT2D eigenvalue weighted by atomic mass is 16.5. The Bertz CT molecular complexity index is 448. The molecule has 2 unspecified atom stereocenters. The van der Waals surface area contributed by atoms with Crippen molar-refractivity contribution in [3.05, 3.63) is 23.4 Å². The lowest BCUT2D eigenvalue weighted by molar-refractivity contribution is 0.0696. The van der Waals surface area contributed by atoms with Crippen molar-refractivity contribution in [2.45, 2.75) is 38.3 Å². The number of aromatic carboxylic acids is 1. The van der Waals surface area contributed by atoms with E-state index in [2.05, 4.69) is 10.3 Å². The second kappa shape index (κ2) is 5.35. The zero-order chi connectivity index (χ0) is 13.1. The van der Waals surface area contributed by atoms with Gasteiger partial charge in [0.15, 0.2) is 0 Å². The van der Waals surface area contributed by atoms with Gasteiger partial charge in [-0.25, -0.2) is 9.78 Å². The van der Waals surface area contributed by atoms with Gasteiger partial charge in [0, 0.05) is 18.8 Å². The quantitative estimate of drug-likeness (QED) is 0.856. The van der Waals surface area contributed by atoms with Crippen molar-refractivity contribution in [1.82, 2.24) is 4.98 Å². The Kier molecular flexibility index (Phi) is 3.81. The molecule has 0 bridgehead atoms. The Morgan fingerprint density at radius 2 is 2.28 bits per heavy atom. The highest BCUT2D eigenvalue weighted by Gasteiger charge is 2.24. The lowest BCUT2D eigenvalue weighted by atomic mass is 10.2. The third-order valence-corrected chi connectivity index (χ3v) is 3.27. The summed E-state index contributed by atoms with van der Waals surface area (Å²) >= 11 is 0. The molecule has 1 fully saturated rings. The van der Waals surface area contributed by atoms with Crippen LogP contribution < -0.4 is 5.32 Å². The fourth-order valence-corrected chi connectivity index (χ4v) is 2.36. The topological polar surface area (TPSA) is 71.5 Å². The number of carboxylic acid groups (broad SMARTS) is 1. The van der Waals surface area contributed by atoms with E-state index in [-0.39, 0.29) is 5.56 Å². The standard InChI is InChI=1S/C13H18N2O3/c1-8-5-9(13(16)17)6-12(14-8)15-10-3-4-11(7-10)18-2/h5-6,10-11H,3-4,7H2,1-2H3,(H,14,15)(H,16,17). The lowest BCUT2D eigenvalue weighted by Gasteiger charge is -2.14. The third kappa shape index (κ3) is 2.98. The van der Waals surface area contributed by atoms with E-state index in [1.54, 1.807) is 26.2 Å². The average Bonchev–Trinajstić information content (AvgIpc) is 2.76. The SMILES string of the molecule is COC1CCC(Nc2cc(C(=O)O)cc(C)n2)C1. The van der Waals surface area contributed by atoms with Gasteiger partial charge in [-0.1, -0.05) is 0 Å². The number of nitrogens with one attached hydrogen (secondary N) is 1. The van der Waals surface area contributed by atoms with Crippen LogP contribution in [0.5, 0.6) is 0 Å². The lowest BCUT2D eigenvalue weighted by Crippen LogP contribution is -2.18. The smallest absolute Gasteiger partial charge is 0.335 e. The van der Waals surface area contributed by atoms with Crippen LogP contribution in [0.4, 0.5) is 5.82 Å². The maximum Gasteiger partial charge on any atom is 0.335 e. The molecule has 1 heterocycles. The monoisotopic (exact) mass is 250 g/mol. The van der Waals surface area contributed by atoms with E-state index in [9.17, 15) is 4.79 Å². The molecule has 1 aromatic rings. The Morgan fingerprint density at radius 1 is 1.50 bits per heavy atom. The molecule has 0 radical (unpaired) electrons. The minimum atomic E-state index is -0.926. The predicted molar refractivity (Wildman–Crippen MR) is 68.0 cm³/mol. The summed E-state index contributed by atoms with van der Waals surface area (Å²) in [4.78, 5) is 15.3. The summed E-state index contributed by atoms with van der Waals surface area (Å²) < 4.78 is 5.31. The van der Waals surface area contributed by atoms with Gasteiger partial charge >= 0.3 is 5.97 Å². The maximum atomic E-state index is 11.0. The normalized spacial score (nSPS) is 23.0. The maximum absolute atomic E-state index is 11.0. The number of hydrogen-bond donors (Lipinski definition) is 2. The second-order valence-corrected chi connectivity index (χ2v) is 4.70. The molecule has 5 nitrogen and oxygen atoms in total. The first-order valence-electron chi connectivity index (χ1n) is 6.10. The summed E-state index contributed by atoms with van der Waals surface area (Å²) in [6, 6.07) is 3.46. The van der Waals surface area contributed by atoms with Crippen molar-refractivity contribution < 1.29 is 14.6 Å². The Balaban J connectivity index is 2.07. The minimum Gasteiger partial charge on any atom is -0.478 e. The van der Waals surface area contributed by atoms with Crippen LogP contribution in [0.1, 0.15) is 35.3 Å². The first kappa shape index (κ1) is 12.8. The molecule has 2 N–H and O–H groups in total. The van der Waals surface area contributed by atoms with E-state index in [0.717, 1.165) is 19.3 Å². The van der Waals surface area contributed by atoms with Crippen LogP contribution in [0.25, 0.3) is 0 Å². The number of hydrogen-bond acceptors (Lipinski definition) is 4. The average molecular weight is 250 g/mol. The minimum absolute atomic E-state index is 0.270. The molecule has 0 aromatic carbocycles. The van der Waals surface area contributed by atoms with Crippen LogP contribution in [0.15, 0.2) is 12.1 Å². The Labute approximate surface area is 106 Å². The molecule has 0 spiro atoms. The number of rotatable bonds is 4. The van der Waals surface area contributed by atoms with Gasteiger partial charge in [0.05, 0.1) is 11.7 Å². The summed E-state index contributed by atoms with van der Waals surface area (Å²) in [5.74, 6) is -0.293. The van der Waals surface area contributed by atoms with E-state index in [1.807, 2.05) is 0 Å². The van der Waals surface area contributed by atoms with Gasteiger partial charge in [-0.15, -0.1) is 0 Å². The molecule has 1 saturated carbocycles. The van der Waals surface area contributed by atoms with Crippen LogP contribution in [-0.2, 0) is 4.74 Å². The van der Waals surface area contributed by atoms with Gasteiger partial charge in [-0.05, 0) is 38.3 Å². The molecule has 1 aliphatic rings. The Hall–Kier alpha value is -1.62. The van der Waals surface area contributed by atoms with Crippen molar-refractivity contribution in [3.8, 4) is 0 Å². The number of methoxy groups -OCH3 is 1. The Morgan fingerprint density at radius 3 is 2.89 bits per heavy atom. The zero-order valence-corrected chi connectivity index (χ0v) is 10.6. The fraction of sp³-hybridized carbons (Fsp3) is 0.538. The van der Waals surface area contributed by atoms with Crippen LogP contribution in [0, 0.1) is 6.92 Å². The van der Waals surface area contributed by atoms with Crippen LogP contribution in [-0.4, -0.2) is 35.3 Å². The van der Waals surface area contributed by atoms with Crippen LogP contribution in [0.3, 0.4) is 0 Å². The molecule has 1 aliphatic carbocycles. The highest BCUT2D eigenvalue weighted by molar-refractivity contribution is 5.88. The number of anilines is 1. The number of ether oxygens (including phenoxy) is 1. The van der Waals surface area contributed by atoms with Crippen molar-refractivity contribution in [2.75, 3.05) is 12.4 Å². The van der Waals surface area contributed by atoms with Crippen molar-refractivity contribution in [1.29, 1.82) is 0 Å². The van der Waals surface area contributed by atoms with Crippen molar-refractivity contribution in [3.63, 3.8) is 0 Å². The number of carbonyl (C=O) groups is 1. The van der Waals surface area contributed by atoms with E-state index in [1.165, 1.54) is 0 Å². The summed E-state index contributed by atoms with van der Waals surface area (Å²) in [5.41, 5.74) is 0.977. The van der Waals surface area contributed by atoms with Crippen LogP contribution in [0.2, 0.25) is 0 Å². The third-order valence-electron chi connectivity index (χ3n) is 3.27. The summed E-state index contributed by atoms with van der Waals surface area (Å²) in [6.45, 7) is 1.80. The first-order valence-corrected chi connectivity index (χ1v) is 6.10. The molecule has 0 saturated heterocycles. The number of pyridine rings is 1. The van der Waals surface area contributed by atoms with E-state index >= 15 is 0 Å². The van der Waals surface area contributed by atoms with E-state index in [0.29, 0.717) is 23.7 Å².